The van der Waals surface area contributed by atoms with Gasteiger partial charge >= 0.3 is 0 Å². The van der Waals surface area contributed by atoms with Crippen molar-refractivity contribution in [2.75, 3.05) is 13.1 Å². The molecule has 0 spiro atoms. The van der Waals surface area contributed by atoms with Crippen LogP contribution in [0.4, 0.5) is 0 Å². The molecule has 1 fully saturated rings. The van der Waals surface area contributed by atoms with Gasteiger partial charge in [-0.15, -0.1) is 0 Å². The summed E-state index contributed by atoms with van der Waals surface area (Å²) in [6, 6.07) is 0.555. The molecular weight excluding hydrogens is 200 g/mol. The average molecular weight is 226 g/mol. The topological polar surface area (TPSA) is 41.1 Å². The van der Waals surface area contributed by atoms with Crippen LogP contribution in [0.1, 0.15) is 52.4 Å². The Morgan fingerprint density at radius 3 is 2.69 bits per heavy atom. The van der Waals surface area contributed by atoms with Crippen molar-refractivity contribution in [1.29, 1.82) is 0 Å². The monoisotopic (exact) mass is 226 g/mol. The molecule has 1 amide bonds. The van der Waals surface area contributed by atoms with Crippen molar-refractivity contribution in [1.82, 2.24) is 10.6 Å². The van der Waals surface area contributed by atoms with Crippen LogP contribution in [0.2, 0.25) is 0 Å². The minimum Gasteiger partial charge on any atom is -0.355 e. The Bertz CT molecular complexity index is 206. The van der Waals surface area contributed by atoms with Gasteiger partial charge in [0, 0.05) is 12.6 Å². The molecule has 16 heavy (non-hydrogen) atoms. The maximum Gasteiger partial charge on any atom is 0.233 e. The predicted molar refractivity (Wildman–Crippen MR) is 67.3 cm³/mol. The van der Waals surface area contributed by atoms with Gasteiger partial charge in [-0.3, -0.25) is 4.79 Å². The highest BCUT2D eigenvalue weighted by atomic mass is 16.1. The van der Waals surface area contributed by atoms with E-state index >= 15 is 0 Å². The van der Waals surface area contributed by atoms with E-state index in [1.165, 1.54) is 38.5 Å². The maximum absolute atomic E-state index is 11.3. The molecule has 0 heterocycles. The fourth-order valence-electron chi connectivity index (χ4n) is 2.49. The Labute approximate surface area is 99.4 Å². The van der Waals surface area contributed by atoms with Gasteiger partial charge in [0.05, 0.1) is 6.54 Å². The van der Waals surface area contributed by atoms with E-state index in [9.17, 15) is 4.79 Å². The summed E-state index contributed by atoms with van der Waals surface area (Å²) < 4.78 is 0. The zero-order valence-corrected chi connectivity index (χ0v) is 10.7. The van der Waals surface area contributed by atoms with Gasteiger partial charge in [-0.2, -0.15) is 0 Å². The Balaban J connectivity index is 2.19. The normalized spacial score (nSPS) is 26.1. The number of rotatable bonds is 5. The molecule has 3 nitrogen and oxygen atoms in total. The van der Waals surface area contributed by atoms with Gasteiger partial charge < -0.3 is 10.6 Å². The molecule has 0 saturated heterocycles. The summed E-state index contributed by atoms with van der Waals surface area (Å²) in [6.07, 6.45) is 7.78. The van der Waals surface area contributed by atoms with E-state index in [-0.39, 0.29) is 5.91 Å². The van der Waals surface area contributed by atoms with E-state index in [1.807, 2.05) is 6.92 Å². The Hall–Kier alpha value is -0.570. The van der Waals surface area contributed by atoms with E-state index in [1.54, 1.807) is 0 Å². The van der Waals surface area contributed by atoms with Crippen LogP contribution >= 0.6 is 0 Å². The quantitative estimate of drug-likeness (QED) is 0.705. The lowest BCUT2D eigenvalue weighted by atomic mass is 9.98. The molecule has 94 valence electrons. The molecular formula is C13H26N2O. The third kappa shape index (κ3) is 4.97. The Morgan fingerprint density at radius 1 is 1.19 bits per heavy atom. The molecule has 0 aliphatic heterocycles. The fourth-order valence-corrected chi connectivity index (χ4v) is 2.49. The van der Waals surface area contributed by atoms with Gasteiger partial charge in [-0.05, 0) is 32.1 Å². The van der Waals surface area contributed by atoms with Crippen LogP contribution in [-0.2, 0) is 4.79 Å². The summed E-state index contributed by atoms with van der Waals surface area (Å²) in [7, 11) is 0. The zero-order valence-electron chi connectivity index (χ0n) is 10.7. The van der Waals surface area contributed by atoms with E-state index < -0.39 is 0 Å². The van der Waals surface area contributed by atoms with Crippen molar-refractivity contribution in [3.8, 4) is 0 Å². The smallest absolute Gasteiger partial charge is 0.233 e. The van der Waals surface area contributed by atoms with Crippen molar-refractivity contribution in [2.24, 2.45) is 5.92 Å². The first-order chi connectivity index (χ1) is 7.76. The van der Waals surface area contributed by atoms with E-state index in [4.69, 9.17) is 0 Å². The highest BCUT2D eigenvalue weighted by Crippen LogP contribution is 2.25. The minimum atomic E-state index is 0.124. The predicted octanol–water partition coefficient (Wildman–Crippen LogP) is 2.07. The first-order valence-corrected chi connectivity index (χ1v) is 6.76. The Morgan fingerprint density at radius 2 is 2.00 bits per heavy atom. The number of nitrogens with one attached hydrogen (secondary N) is 2. The number of carbonyl (C=O) groups is 1. The van der Waals surface area contributed by atoms with E-state index in [2.05, 4.69) is 17.6 Å². The lowest BCUT2D eigenvalue weighted by Crippen LogP contribution is -2.38. The summed E-state index contributed by atoms with van der Waals surface area (Å²) in [5.74, 6) is 1.04. The van der Waals surface area contributed by atoms with Crippen LogP contribution in [0.25, 0.3) is 0 Å². The zero-order chi connectivity index (χ0) is 11.8. The molecule has 1 saturated carbocycles. The van der Waals surface area contributed by atoms with Crippen molar-refractivity contribution >= 4 is 5.91 Å². The molecule has 2 unspecified atom stereocenters. The summed E-state index contributed by atoms with van der Waals surface area (Å²) in [6.45, 7) is 5.45. The second-order valence-electron chi connectivity index (χ2n) is 4.81. The average Bonchev–Trinajstić information content (AvgIpc) is 2.51. The lowest BCUT2D eigenvalue weighted by molar-refractivity contribution is -0.120. The van der Waals surface area contributed by atoms with Crippen LogP contribution < -0.4 is 10.6 Å². The molecule has 1 rings (SSSR count). The highest BCUT2D eigenvalue weighted by Gasteiger charge is 2.17. The molecule has 0 radical (unpaired) electrons. The first-order valence-electron chi connectivity index (χ1n) is 6.76. The van der Waals surface area contributed by atoms with Gasteiger partial charge in [0.15, 0.2) is 0 Å². The molecule has 2 atom stereocenters. The summed E-state index contributed by atoms with van der Waals surface area (Å²) in [4.78, 5) is 11.3. The number of likely N-dealkylation sites (N-methyl/N-ethyl adjacent to an activating group) is 1. The van der Waals surface area contributed by atoms with Gasteiger partial charge in [0.1, 0.15) is 0 Å². The van der Waals surface area contributed by atoms with Gasteiger partial charge in [0.25, 0.3) is 0 Å². The number of carbonyl (C=O) groups excluding carboxylic acids is 1. The summed E-state index contributed by atoms with van der Waals surface area (Å²) in [5, 5.41) is 6.20. The van der Waals surface area contributed by atoms with E-state index in [0.717, 1.165) is 12.5 Å². The highest BCUT2D eigenvalue weighted by molar-refractivity contribution is 5.77. The first kappa shape index (κ1) is 13.5. The van der Waals surface area contributed by atoms with Crippen molar-refractivity contribution in [3.63, 3.8) is 0 Å². The summed E-state index contributed by atoms with van der Waals surface area (Å²) >= 11 is 0. The van der Waals surface area contributed by atoms with Crippen LogP contribution in [0.15, 0.2) is 0 Å². The summed E-state index contributed by atoms with van der Waals surface area (Å²) in [5.41, 5.74) is 0. The van der Waals surface area contributed by atoms with Crippen molar-refractivity contribution in [2.45, 2.75) is 58.4 Å². The second-order valence-corrected chi connectivity index (χ2v) is 4.81. The SMILES string of the molecule is CCNC(=O)CNC1CCCC(CC)CC1. The van der Waals surface area contributed by atoms with Gasteiger partial charge in [0.2, 0.25) is 5.91 Å². The molecule has 0 aromatic heterocycles. The van der Waals surface area contributed by atoms with Gasteiger partial charge in [-0.25, -0.2) is 0 Å². The Kier molecular flexibility index (Phi) is 6.46. The molecule has 3 heteroatoms. The molecule has 2 N–H and O–H groups in total. The van der Waals surface area contributed by atoms with Crippen LogP contribution in [0, 0.1) is 5.92 Å². The third-order valence-electron chi connectivity index (χ3n) is 3.59. The second kappa shape index (κ2) is 7.66. The molecule has 1 aliphatic carbocycles. The number of hydrogen-bond acceptors (Lipinski definition) is 2. The standard InChI is InChI=1S/C13H26N2O/c1-3-11-6-5-7-12(9-8-11)15-10-13(16)14-4-2/h11-12,15H,3-10H2,1-2H3,(H,14,16). The van der Waals surface area contributed by atoms with Crippen molar-refractivity contribution in [3.05, 3.63) is 0 Å². The fraction of sp³-hybridized carbons (Fsp3) is 0.923. The van der Waals surface area contributed by atoms with Crippen molar-refractivity contribution < 1.29 is 4.79 Å². The van der Waals surface area contributed by atoms with E-state index in [0.29, 0.717) is 12.6 Å². The van der Waals surface area contributed by atoms with Crippen LogP contribution in [0.5, 0.6) is 0 Å². The van der Waals surface area contributed by atoms with Crippen LogP contribution in [-0.4, -0.2) is 25.0 Å². The van der Waals surface area contributed by atoms with Crippen LogP contribution in [0.3, 0.4) is 0 Å². The lowest BCUT2D eigenvalue weighted by Gasteiger charge is -2.16. The largest absolute Gasteiger partial charge is 0.355 e. The van der Waals surface area contributed by atoms with Gasteiger partial charge in [-0.1, -0.05) is 26.2 Å². The molecule has 0 bridgehead atoms. The minimum absolute atomic E-state index is 0.124. The molecule has 0 aromatic carbocycles. The molecule has 0 aromatic rings. The maximum atomic E-state index is 11.3. The number of hydrogen-bond donors (Lipinski definition) is 2. The third-order valence-corrected chi connectivity index (χ3v) is 3.59. The number of amides is 1. The molecule has 1 aliphatic rings.